The highest BCUT2D eigenvalue weighted by Gasteiger charge is 2.23. The summed E-state index contributed by atoms with van der Waals surface area (Å²) in [5, 5.41) is 3.67. The third-order valence-corrected chi connectivity index (χ3v) is 4.30. The van der Waals surface area contributed by atoms with Crippen LogP contribution in [0.5, 0.6) is 0 Å². The van der Waals surface area contributed by atoms with E-state index < -0.39 is 0 Å². The second-order valence-electron chi connectivity index (χ2n) is 6.48. The fourth-order valence-corrected chi connectivity index (χ4v) is 3.00. The standard InChI is InChI=1S/C16H34N2/c1-5-12-17-15-8-10-16(11-9-15)18(4)13-6-7-14(2)3/h14-17H,5-13H2,1-4H3. The van der Waals surface area contributed by atoms with Crippen molar-refractivity contribution in [2.24, 2.45) is 5.92 Å². The summed E-state index contributed by atoms with van der Waals surface area (Å²) in [7, 11) is 2.32. The molecular weight excluding hydrogens is 220 g/mol. The number of nitrogens with one attached hydrogen (secondary N) is 1. The Balaban J connectivity index is 2.13. The number of rotatable bonds is 8. The summed E-state index contributed by atoms with van der Waals surface area (Å²) in [5.41, 5.74) is 0. The van der Waals surface area contributed by atoms with Gasteiger partial charge >= 0.3 is 0 Å². The van der Waals surface area contributed by atoms with Crippen molar-refractivity contribution in [3.8, 4) is 0 Å². The van der Waals surface area contributed by atoms with E-state index in [0.717, 1.165) is 18.0 Å². The molecule has 2 nitrogen and oxygen atoms in total. The van der Waals surface area contributed by atoms with Crippen molar-refractivity contribution in [2.45, 2.75) is 77.8 Å². The molecule has 1 fully saturated rings. The van der Waals surface area contributed by atoms with Gasteiger partial charge in [-0.3, -0.25) is 0 Å². The van der Waals surface area contributed by atoms with E-state index in [4.69, 9.17) is 0 Å². The fourth-order valence-electron chi connectivity index (χ4n) is 3.00. The second kappa shape index (κ2) is 8.92. The zero-order valence-electron chi connectivity index (χ0n) is 13.0. The van der Waals surface area contributed by atoms with Gasteiger partial charge in [0.15, 0.2) is 0 Å². The topological polar surface area (TPSA) is 15.3 Å². The molecule has 1 aliphatic carbocycles. The van der Waals surface area contributed by atoms with Gasteiger partial charge in [0.2, 0.25) is 0 Å². The van der Waals surface area contributed by atoms with Crippen LogP contribution in [0.2, 0.25) is 0 Å². The Morgan fingerprint density at radius 3 is 2.39 bits per heavy atom. The Bertz CT molecular complexity index is 195. The maximum absolute atomic E-state index is 3.67. The van der Waals surface area contributed by atoms with Crippen LogP contribution in [0.4, 0.5) is 0 Å². The smallest absolute Gasteiger partial charge is 0.00933 e. The van der Waals surface area contributed by atoms with Gasteiger partial charge < -0.3 is 10.2 Å². The molecule has 0 unspecified atom stereocenters. The van der Waals surface area contributed by atoms with Crippen molar-refractivity contribution in [3.63, 3.8) is 0 Å². The fraction of sp³-hybridized carbons (Fsp3) is 1.00. The highest BCUT2D eigenvalue weighted by atomic mass is 15.1. The second-order valence-corrected chi connectivity index (χ2v) is 6.48. The lowest BCUT2D eigenvalue weighted by Crippen LogP contribution is -2.41. The normalized spacial score (nSPS) is 25.0. The molecule has 0 bridgehead atoms. The molecule has 0 atom stereocenters. The highest BCUT2D eigenvalue weighted by molar-refractivity contribution is 4.81. The molecule has 1 saturated carbocycles. The molecule has 0 aromatic rings. The largest absolute Gasteiger partial charge is 0.314 e. The van der Waals surface area contributed by atoms with Crippen molar-refractivity contribution in [1.29, 1.82) is 0 Å². The van der Waals surface area contributed by atoms with Gasteiger partial charge in [-0.15, -0.1) is 0 Å². The van der Waals surface area contributed by atoms with E-state index in [9.17, 15) is 0 Å². The van der Waals surface area contributed by atoms with Gasteiger partial charge in [0.1, 0.15) is 0 Å². The molecule has 0 heterocycles. The van der Waals surface area contributed by atoms with E-state index in [1.807, 2.05) is 0 Å². The van der Waals surface area contributed by atoms with Crippen molar-refractivity contribution in [3.05, 3.63) is 0 Å². The van der Waals surface area contributed by atoms with E-state index >= 15 is 0 Å². The molecule has 2 heteroatoms. The van der Waals surface area contributed by atoms with E-state index in [1.165, 1.54) is 58.0 Å². The zero-order valence-corrected chi connectivity index (χ0v) is 13.0. The summed E-state index contributed by atoms with van der Waals surface area (Å²) in [5.74, 6) is 0.854. The van der Waals surface area contributed by atoms with E-state index in [2.05, 4.69) is 38.0 Å². The first kappa shape index (κ1) is 16.0. The minimum Gasteiger partial charge on any atom is -0.314 e. The van der Waals surface area contributed by atoms with Crippen molar-refractivity contribution < 1.29 is 0 Å². The molecule has 1 aliphatic rings. The Labute approximate surface area is 115 Å². The van der Waals surface area contributed by atoms with Gasteiger partial charge in [0, 0.05) is 12.1 Å². The monoisotopic (exact) mass is 254 g/mol. The molecule has 0 aliphatic heterocycles. The van der Waals surface area contributed by atoms with E-state index in [-0.39, 0.29) is 0 Å². The van der Waals surface area contributed by atoms with Crippen LogP contribution in [0.3, 0.4) is 0 Å². The lowest BCUT2D eigenvalue weighted by Gasteiger charge is -2.35. The molecule has 0 spiro atoms. The number of hydrogen-bond acceptors (Lipinski definition) is 2. The molecule has 0 amide bonds. The van der Waals surface area contributed by atoms with Crippen molar-refractivity contribution >= 4 is 0 Å². The first-order chi connectivity index (χ1) is 8.63. The van der Waals surface area contributed by atoms with Crippen LogP contribution in [0.1, 0.15) is 65.7 Å². The van der Waals surface area contributed by atoms with Gasteiger partial charge in [-0.2, -0.15) is 0 Å². The molecule has 0 saturated heterocycles. The first-order valence-corrected chi connectivity index (χ1v) is 8.07. The van der Waals surface area contributed by atoms with Crippen LogP contribution < -0.4 is 5.32 Å². The molecule has 0 radical (unpaired) electrons. The predicted octanol–water partition coefficient (Wildman–Crippen LogP) is 3.67. The summed E-state index contributed by atoms with van der Waals surface area (Å²) in [4.78, 5) is 2.61. The molecule has 18 heavy (non-hydrogen) atoms. The highest BCUT2D eigenvalue weighted by Crippen LogP contribution is 2.22. The Hall–Kier alpha value is -0.0800. The molecule has 108 valence electrons. The predicted molar refractivity (Wildman–Crippen MR) is 81.0 cm³/mol. The zero-order chi connectivity index (χ0) is 13.4. The average molecular weight is 254 g/mol. The van der Waals surface area contributed by atoms with Crippen LogP contribution in [0.15, 0.2) is 0 Å². The summed E-state index contributed by atoms with van der Waals surface area (Å²) >= 11 is 0. The van der Waals surface area contributed by atoms with Crippen LogP contribution >= 0.6 is 0 Å². The quantitative estimate of drug-likeness (QED) is 0.711. The molecule has 0 aromatic heterocycles. The maximum atomic E-state index is 3.67. The van der Waals surface area contributed by atoms with Gasteiger partial charge in [-0.05, 0) is 71.0 Å². The third-order valence-electron chi connectivity index (χ3n) is 4.30. The van der Waals surface area contributed by atoms with E-state index in [0.29, 0.717) is 0 Å². The van der Waals surface area contributed by atoms with Gasteiger partial charge in [0.05, 0.1) is 0 Å². The number of hydrogen-bond donors (Lipinski definition) is 1. The molecular formula is C16H34N2. The SMILES string of the molecule is CCCNC1CCC(N(C)CCCC(C)C)CC1. The van der Waals surface area contributed by atoms with Crippen LogP contribution in [-0.2, 0) is 0 Å². The lowest BCUT2D eigenvalue weighted by molar-refractivity contribution is 0.170. The lowest BCUT2D eigenvalue weighted by atomic mass is 9.90. The van der Waals surface area contributed by atoms with Crippen LogP contribution in [0, 0.1) is 5.92 Å². The Kier molecular flexibility index (Phi) is 7.92. The summed E-state index contributed by atoms with van der Waals surface area (Å²) in [6, 6.07) is 1.64. The van der Waals surface area contributed by atoms with Crippen LogP contribution in [0.25, 0.3) is 0 Å². The Morgan fingerprint density at radius 2 is 1.83 bits per heavy atom. The maximum Gasteiger partial charge on any atom is 0.00933 e. The minimum atomic E-state index is 0.797. The average Bonchev–Trinajstić information content (AvgIpc) is 2.36. The van der Waals surface area contributed by atoms with Crippen LogP contribution in [-0.4, -0.2) is 37.1 Å². The molecule has 0 aromatic carbocycles. The van der Waals surface area contributed by atoms with E-state index in [1.54, 1.807) is 0 Å². The summed E-state index contributed by atoms with van der Waals surface area (Å²) in [6.45, 7) is 9.38. The first-order valence-electron chi connectivity index (χ1n) is 8.07. The summed E-state index contributed by atoms with van der Waals surface area (Å²) in [6.07, 6.45) is 9.52. The molecule has 1 N–H and O–H groups in total. The number of nitrogens with zero attached hydrogens (tertiary/aromatic N) is 1. The van der Waals surface area contributed by atoms with Crippen molar-refractivity contribution in [1.82, 2.24) is 10.2 Å². The van der Waals surface area contributed by atoms with Gasteiger partial charge in [-0.1, -0.05) is 20.8 Å². The van der Waals surface area contributed by atoms with Gasteiger partial charge in [-0.25, -0.2) is 0 Å². The third kappa shape index (κ3) is 6.19. The van der Waals surface area contributed by atoms with Crippen molar-refractivity contribution in [2.75, 3.05) is 20.1 Å². The molecule has 1 rings (SSSR count). The minimum absolute atomic E-state index is 0.797. The Morgan fingerprint density at radius 1 is 1.17 bits per heavy atom. The van der Waals surface area contributed by atoms with Gasteiger partial charge in [0.25, 0.3) is 0 Å². The summed E-state index contributed by atoms with van der Waals surface area (Å²) < 4.78 is 0.